The van der Waals surface area contributed by atoms with E-state index in [2.05, 4.69) is 33.8 Å². The molecule has 0 spiro atoms. The molecule has 0 aromatic heterocycles. The first kappa shape index (κ1) is 41.9. The first-order chi connectivity index (χ1) is 24.3. The van der Waals surface area contributed by atoms with Crippen LogP contribution in [-0.4, -0.2) is 20.2 Å². The summed E-state index contributed by atoms with van der Waals surface area (Å²) in [7, 11) is 3.38. The van der Waals surface area contributed by atoms with Crippen molar-refractivity contribution < 1.29 is 19.0 Å². The van der Waals surface area contributed by atoms with Crippen LogP contribution in [0.5, 0.6) is 17.2 Å². The average Bonchev–Trinajstić information content (AvgIpc) is 3.10. The molecule has 270 valence electrons. The Morgan fingerprint density at radius 1 is 0.580 bits per heavy atom. The molecule has 0 aliphatic carbocycles. The Balaban J connectivity index is 1.88. The first-order valence-corrected chi connectivity index (χ1v) is 18.6. The molecule has 50 heavy (non-hydrogen) atoms. The summed E-state index contributed by atoms with van der Waals surface area (Å²) in [5.41, 5.74) is 3.26. The molecule has 0 radical (unpaired) electrons. The number of ether oxygens (including phenoxy) is 3. The van der Waals surface area contributed by atoms with Crippen molar-refractivity contribution in [3.63, 3.8) is 0 Å². The molecule has 4 nitrogen and oxygen atoms in total. The summed E-state index contributed by atoms with van der Waals surface area (Å²) >= 11 is 0. The SMILES string of the molecule is COc1ccc(/C=C/C=C/C=C/C=C/C=C/C=C/C=C/C(=O)Oc2cc(CCCC(C)C)cc(OC)c2CCCCCCCCC(C)C)cc1. The molecule has 0 atom stereocenters. The van der Waals surface area contributed by atoms with Crippen molar-refractivity contribution in [1.29, 1.82) is 0 Å². The first-order valence-electron chi connectivity index (χ1n) is 18.6. The zero-order valence-corrected chi connectivity index (χ0v) is 31.6. The highest BCUT2D eigenvalue weighted by molar-refractivity contribution is 5.84. The highest BCUT2D eigenvalue weighted by Crippen LogP contribution is 2.33. The summed E-state index contributed by atoms with van der Waals surface area (Å²) in [4.78, 5) is 12.9. The lowest BCUT2D eigenvalue weighted by atomic mass is 9.97. The van der Waals surface area contributed by atoms with Gasteiger partial charge in [0.1, 0.15) is 17.2 Å². The average molecular weight is 679 g/mol. The van der Waals surface area contributed by atoms with Crippen molar-refractivity contribution in [2.24, 2.45) is 11.8 Å². The van der Waals surface area contributed by atoms with Gasteiger partial charge in [-0.3, -0.25) is 0 Å². The van der Waals surface area contributed by atoms with E-state index in [4.69, 9.17) is 14.2 Å². The predicted octanol–water partition coefficient (Wildman–Crippen LogP) is 12.6. The molecule has 0 amide bonds. The second-order valence-electron chi connectivity index (χ2n) is 13.5. The largest absolute Gasteiger partial charge is 0.497 e. The van der Waals surface area contributed by atoms with E-state index in [0.717, 1.165) is 66.2 Å². The summed E-state index contributed by atoms with van der Waals surface area (Å²) in [5, 5.41) is 0. The van der Waals surface area contributed by atoms with Crippen LogP contribution >= 0.6 is 0 Å². The molecular formula is C46H62O4. The molecule has 0 aliphatic heterocycles. The summed E-state index contributed by atoms with van der Waals surface area (Å²) < 4.78 is 16.9. The number of allylic oxidation sites excluding steroid dienone is 12. The van der Waals surface area contributed by atoms with E-state index >= 15 is 0 Å². The predicted molar refractivity (Wildman–Crippen MR) is 214 cm³/mol. The maximum atomic E-state index is 12.9. The van der Waals surface area contributed by atoms with Crippen LogP contribution in [0.15, 0.2) is 115 Å². The fraction of sp³-hybridized carbons (Fsp3) is 0.413. The van der Waals surface area contributed by atoms with Gasteiger partial charge >= 0.3 is 5.97 Å². The van der Waals surface area contributed by atoms with Gasteiger partial charge in [-0.05, 0) is 72.9 Å². The van der Waals surface area contributed by atoms with E-state index in [0.29, 0.717) is 11.7 Å². The Bertz CT molecular complexity index is 1430. The van der Waals surface area contributed by atoms with Gasteiger partial charge in [-0.25, -0.2) is 4.79 Å². The monoisotopic (exact) mass is 678 g/mol. The van der Waals surface area contributed by atoms with Crippen molar-refractivity contribution in [3.05, 3.63) is 132 Å². The molecule has 0 unspecified atom stereocenters. The van der Waals surface area contributed by atoms with E-state index in [9.17, 15) is 4.79 Å². The van der Waals surface area contributed by atoms with Crippen molar-refractivity contribution in [2.45, 2.75) is 98.3 Å². The summed E-state index contributed by atoms with van der Waals surface area (Å²) in [5.74, 6) is 3.36. The van der Waals surface area contributed by atoms with Crippen molar-refractivity contribution >= 4 is 12.0 Å². The Morgan fingerprint density at radius 3 is 1.68 bits per heavy atom. The molecule has 0 saturated carbocycles. The number of carbonyl (C=O) groups excluding carboxylic acids is 1. The van der Waals surface area contributed by atoms with E-state index in [1.165, 1.54) is 44.6 Å². The van der Waals surface area contributed by atoms with Gasteiger partial charge in [0.15, 0.2) is 0 Å². The summed E-state index contributed by atoms with van der Waals surface area (Å²) in [6.07, 6.45) is 39.3. The Morgan fingerprint density at radius 2 is 1.10 bits per heavy atom. The van der Waals surface area contributed by atoms with Crippen LogP contribution in [0.25, 0.3) is 6.08 Å². The Labute approximate surface area is 304 Å². The van der Waals surface area contributed by atoms with Gasteiger partial charge in [-0.15, -0.1) is 0 Å². The van der Waals surface area contributed by atoms with Gasteiger partial charge in [-0.2, -0.15) is 0 Å². The highest BCUT2D eigenvalue weighted by atomic mass is 16.5. The minimum Gasteiger partial charge on any atom is -0.497 e. The van der Waals surface area contributed by atoms with Crippen molar-refractivity contribution in [1.82, 2.24) is 0 Å². The Hall–Kier alpha value is -4.31. The highest BCUT2D eigenvalue weighted by Gasteiger charge is 2.15. The number of rotatable bonds is 24. The van der Waals surface area contributed by atoms with Crippen LogP contribution < -0.4 is 14.2 Å². The summed E-state index contributed by atoms with van der Waals surface area (Å²) in [6.45, 7) is 9.08. The molecule has 2 aromatic rings. The van der Waals surface area contributed by atoms with Gasteiger partial charge in [0.2, 0.25) is 0 Å². The van der Waals surface area contributed by atoms with Gasteiger partial charge in [0, 0.05) is 11.6 Å². The second-order valence-corrected chi connectivity index (χ2v) is 13.5. The van der Waals surface area contributed by atoms with Crippen LogP contribution in [0, 0.1) is 11.8 Å². The number of benzene rings is 2. The van der Waals surface area contributed by atoms with Crippen LogP contribution in [0.2, 0.25) is 0 Å². The van der Waals surface area contributed by atoms with Gasteiger partial charge in [-0.1, -0.05) is 164 Å². The number of carbonyl (C=O) groups is 1. The van der Waals surface area contributed by atoms with Crippen molar-refractivity contribution in [3.8, 4) is 17.2 Å². The molecular weight excluding hydrogens is 617 g/mol. The molecule has 0 aliphatic rings. The zero-order chi connectivity index (χ0) is 36.2. The third-order valence-electron chi connectivity index (χ3n) is 8.22. The molecule has 0 heterocycles. The fourth-order valence-electron chi connectivity index (χ4n) is 5.41. The van der Waals surface area contributed by atoms with Gasteiger partial charge < -0.3 is 14.2 Å². The molecule has 4 heteroatoms. The minimum absolute atomic E-state index is 0.386. The van der Waals surface area contributed by atoms with E-state index in [1.807, 2.05) is 103 Å². The van der Waals surface area contributed by atoms with E-state index < -0.39 is 0 Å². The topological polar surface area (TPSA) is 44.8 Å². The number of hydrogen-bond donors (Lipinski definition) is 0. The number of unbranched alkanes of at least 4 members (excludes halogenated alkanes) is 5. The van der Waals surface area contributed by atoms with Crippen LogP contribution in [-0.2, 0) is 17.6 Å². The standard InChI is InChI=1S/C46H62O4/c1-38(2)26-21-17-15-16-19-23-30-43-44(49-6)36-41(29-25-27-39(3)4)37-45(43)50-46(47)31-24-20-14-12-10-8-7-9-11-13-18-22-28-40-32-34-42(48-5)35-33-40/h7-14,18,20,22,24,28,31-39H,15-17,19,21,23,25-27,29-30H2,1-6H3/b8-7+,11-9+,12-10+,18-13+,20-14+,28-22+,31-24+. The van der Waals surface area contributed by atoms with Crippen LogP contribution in [0.4, 0.5) is 0 Å². The Kier molecular flexibility index (Phi) is 22.2. The number of esters is 1. The third-order valence-corrected chi connectivity index (χ3v) is 8.22. The normalized spacial score (nSPS) is 12.6. The van der Waals surface area contributed by atoms with Crippen LogP contribution in [0.1, 0.15) is 102 Å². The third kappa shape index (κ3) is 19.6. The molecule has 2 rings (SSSR count). The lowest BCUT2D eigenvalue weighted by Gasteiger charge is -2.16. The summed E-state index contributed by atoms with van der Waals surface area (Å²) in [6, 6.07) is 12.1. The molecule has 0 N–H and O–H groups in total. The molecule has 0 fully saturated rings. The lowest BCUT2D eigenvalue weighted by Crippen LogP contribution is -2.08. The smallest absolute Gasteiger partial charge is 0.336 e. The fourth-order valence-corrected chi connectivity index (χ4v) is 5.41. The van der Waals surface area contributed by atoms with E-state index in [-0.39, 0.29) is 5.97 Å². The second kappa shape index (κ2) is 26.5. The number of hydrogen-bond acceptors (Lipinski definition) is 4. The maximum Gasteiger partial charge on any atom is 0.336 e. The minimum atomic E-state index is -0.386. The number of aryl methyl sites for hydroxylation is 1. The molecule has 0 saturated heterocycles. The molecule has 2 aromatic carbocycles. The van der Waals surface area contributed by atoms with Gasteiger partial charge in [0.05, 0.1) is 14.2 Å². The lowest BCUT2D eigenvalue weighted by molar-refractivity contribution is -0.129. The van der Waals surface area contributed by atoms with Gasteiger partial charge in [0.25, 0.3) is 0 Å². The van der Waals surface area contributed by atoms with Crippen molar-refractivity contribution in [2.75, 3.05) is 14.2 Å². The molecule has 0 bridgehead atoms. The van der Waals surface area contributed by atoms with Crippen LogP contribution in [0.3, 0.4) is 0 Å². The quantitative estimate of drug-likeness (QED) is 0.0364. The number of methoxy groups -OCH3 is 2. The van der Waals surface area contributed by atoms with E-state index in [1.54, 1.807) is 20.3 Å². The zero-order valence-electron chi connectivity index (χ0n) is 31.6. The maximum absolute atomic E-state index is 12.9.